The van der Waals surface area contributed by atoms with Crippen molar-refractivity contribution in [1.82, 2.24) is 15.1 Å². The third-order valence-corrected chi connectivity index (χ3v) is 4.63. The van der Waals surface area contributed by atoms with Crippen molar-refractivity contribution in [2.45, 2.75) is 32.2 Å². The topological polar surface area (TPSA) is 64.5 Å². The highest BCUT2D eigenvalue weighted by Gasteiger charge is 2.25. The Morgan fingerprint density at radius 3 is 2.78 bits per heavy atom. The Hall–Kier alpha value is -2.00. The van der Waals surface area contributed by atoms with Gasteiger partial charge in [0, 0.05) is 56.8 Å². The highest BCUT2D eigenvalue weighted by atomic mass is 16.2. The van der Waals surface area contributed by atoms with Gasteiger partial charge >= 0.3 is 6.03 Å². The second-order valence-electron chi connectivity index (χ2n) is 6.38. The number of aliphatic imine (C=N–C) groups is 1. The van der Waals surface area contributed by atoms with Crippen LogP contribution in [0.4, 0.5) is 4.79 Å². The lowest BCUT2D eigenvalue weighted by Gasteiger charge is -2.37. The first-order valence-electron chi connectivity index (χ1n) is 8.57. The average molecular weight is 316 g/mol. The van der Waals surface area contributed by atoms with Gasteiger partial charge in [-0.15, -0.1) is 0 Å². The van der Waals surface area contributed by atoms with Gasteiger partial charge in [-0.3, -0.25) is 0 Å². The fourth-order valence-electron chi connectivity index (χ4n) is 3.25. The molecule has 3 rings (SSSR count). The molecule has 6 heteroatoms. The van der Waals surface area contributed by atoms with Crippen LogP contribution in [0.2, 0.25) is 0 Å². The molecule has 0 aliphatic carbocycles. The van der Waals surface area contributed by atoms with Gasteiger partial charge in [0.05, 0.1) is 19.5 Å². The Balaban J connectivity index is 1.49. The van der Waals surface area contributed by atoms with E-state index in [-0.39, 0.29) is 6.03 Å². The van der Waals surface area contributed by atoms with Crippen LogP contribution in [0.5, 0.6) is 0 Å². The first-order valence-corrected chi connectivity index (χ1v) is 8.57. The molecule has 0 unspecified atom stereocenters. The molecular weight excluding hydrogens is 290 g/mol. The molecule has 0 aromatic heterocycles. The van der Waals surface area contributed by atoms with E-state index in [1.54, 1.807) is 0 Å². The Kier molecular flexibility index (Phi) is 5.19. The van der Waals surface area contributed by atoms with Gasteiger partial charge in [0.15, 0.2) is 0 Å². The molecule has 0 bridgehead atoms. The van der Waals surface area contributed by atoms with E-state index in [4.69, 9.17) is 0 Å². The Labute approximate surface area is 138 Å². The van der Waals surface area contributed by atoms with Crippen LogP contribution in [-0.4, -0.2) is 67.0 Å². The van der Waals surface area contributed by atoms with E-state index in [0.29, 0.717) is 12.5 Å². The molecule has 3 aliphatic heterocycles. The maximum Gasteiger partial charge on any atom is 0.317 e. The van der Waals surface area contributed by atoms with E-state index in [0.717, 1.165) is 63.6 Å². The van der Waals surface area contributed by atoms with Gasteiger partial charge in [-0.1, -0.05) is 11.8 Å². The number of carbonyl (C=O) groups excluding carboxylic acids is 1. The molecule has 0 spiro atoms. The summed E-state index contributed by atoms with van der Waals surface area (Å²) in [7, 11) is 0. The van der Waals surface area contributed by atoms with Gasteiger partial charge in [0.25, 0.3) is 0 Å². The van der Waals surface area contributed by atoms with Crippen molar-refractivity contribution in [2.24, 2.45) is 4.99 Å². The largest absolute Gasteiger partial charge is 0.356 e. The van der Waals surface area contributed by atoms with Crippen molar-refractivity contribution in [3.8, 4) is 11.8 Å². The molecule has 23 heavy (non-hydrogen) atoms. The summed E-state index contributed by atoms with van der Waals surface area (Å²) in [6.07, 6.45) is 4.70. The van der Waals surface area contributed by atoms with Crippen LogP contribution in [0.25, 0.3) is 0 Å². The molecule has 0 aromatic rings. The van der Waals surface area contributed by atoms with E-state index < -0.39 is 0 Å². The van der Waals surface area contributed by atoms with Crippen LogP contribution in [-0.2, 0) is 0 Å². The molecule has 3 aliphatic rings. The SMILES string of the molecule is CC1=CC#CCC(N2CCN(C(=O)NC3CC[NH2+]CC3)CC2)=N1. The second kappa shape index (κ2) is 7.51. The summed E-state index contributed by atoms with van der Waals surface area (Å²) in [6, 6.07) is 0.440. The minimum Gasteiger partial charge on any atom is -0.356 e. The molecule has 0 saturated carbocycles. The molecule has 3 N–H and O–H groups in total. The quantitative estimate of drug-likeness (QED) is 0.655. The van der Waals surface area contributed by atoms with Crippen molar-refractivity contribution >= 4 is 11.9 Å². The molecule has 2 amide bonds. The summed E-state index contributed by atoms with van der Waals surface area (Å²) in [5, 5.41) is 5.50. The van der Waals surface area contributed by atoms with Gasteiger partial charge in [0.2, 0.25) is 0 Å². The van der Waals surface area contributed by atoms with Crippen LogP contribution in [0.1, 0.15) is 26.2 Å². The number of nitrogens with zero attached hydrogens (tertiary/aromatic N) is 3. The smallest absolute Gasteiger partial charge is 0.317 e. The zero-order valence-electron chi connectivity index (χ0n) is 13.8. The van der Waals surface area contributed by atoms with Crippen molar-refractivity contribution < 1.29 is 10.1 Å². The van der Waals surface area contributed by atoms with Crippen LogP contribution >= 0.6 is 0 Å². The van der Waals surface area contributed by atoms with Gasteiger partial charge in [-0.25, -0.2) is 9.79 Å². The minimum atomic E-state index is 0.0928. The summed E-state index contributed by atoms with van der Waals surface area (Å²) in [6.45, 7) is 7.38. The molecule has 2 fully saturated rings. The van der Waals surface area contributed by atoms with Crippen molar-refractivity contribution in [2.75, 3.05) is 39.3 Å². The zero-order valence-corrected chi connectivity index (χ0v) is 13.8. The first kappa shape index (κ1) is 15.9. The maximum atomic E-state index is 12.4. The lowest BCUT2D eigenvalue weighted by molar-refractivity contribution is -0.663. The Morgan fingerprint density at radius 2 is 2.04 bits per heavy atom. The summed E-state index contributed by atoms with van der Waals surface area (Å²) in [4.78, 5) is 21.2. The normalized spacial score (nSPS) is 22.5. The number of amidine groups is 1. The van der Waals surface area contributed by atoms with Gasteiger partial charge in [-0.05, 0) is 6.92 Å². The number of hydrogen-bond donors (Lipinski definition) is 2. The molecule has 124 valence electrons. The third-order valence-electron chi connectivity index (χ3n) is 4.63. The Morgan fingerprint density at radius 1 is 1.30 bits per heavy atom. The fraction of sp³-hybridized carbons (Fsp3) is 0.647. The number of carbonyl (C=O) groups is 1. The monoisotopic (exact) mass is 316 g/mol. The van der Waals surface area contributed by atoms with Gasteiger partial charge in [0.1, 0.15) is 5.84 Å². The standard InChI is InChI=1S/C17H25N5O/c1-14-4-2-3-5-16(19-14)21-10-12-22(13-11-21)17(23)20-15-6-8-18-9-7-15/h4,15,18H,5-13H2,1H3,(H,20,23)/p+1. The average Bonchev–Trinajstić information content (AvgIpc) is 2.80. The highest BCUT2D eigenvalue weighted by molar-refractivity contribution is 5.86. The van der Waals surface area contributed by atoms with Crippen molar-refractivity contribution in [3.63, 3.8) is 0 Å². The molecule has 0 radical (unpaired) electrons. The molecule has 0 aromatic carbocycles. The van der Waals surface area contributed by atoms with Crippen LogP contribution in [0.3, 0.4) is 0 Å². The Bertz CT molecular complexity index is 557. The summed E-state index contributed by atoms with van der Waals surface area (Å²) < 4.78 is 0. The minimum absolute atomic E-state index is 0.0928. The van der Waals surface area contributed by atoms with Crippen molar-refractivity contribution in [3.05, 3.63) is 11.8 Å². The second-order valence-corrected chi connectivity index (χ2v) is 6.38. The summed E-state index contributed by atoms with van der Waals surface area (Å²) in [5.74, 6) is 7.16. The number of piperazine rings is 1. The number of rotatable bonds is 1. The zero-order chi connectivity index (χ0) is 16.1. The van der Waals surface area contributed by atoms with Crippen LogP contribution in [0, 0.1) is 11.8 Å². The van der Waals surface area contributed by atoms with Crippen molar-refractivity contribution in [1.29, 1.82) is 0 Å². The van der Waals surface area contributed by atoms with Gasteiger partial charge < -0.3 is 20.4 Å². The number of allylic oxidation sites excluding steroid dienone is 2. The lowest BCUT2D eigenvalue weighted by Crippen LogP contribution is -2.87. The number of nitrogens with one attached hydrogen (secondary N) is 1. The van der Waals surface area contributed by atoms with Gasteiger partial charge in [-0.2, -0.15) is 0 Å². The third kappa shape index (κ3) is 4.26. The summed E-state index contributed by atoms with van der Waals surface area (Å²) in [5.41, 5.74) is 0.958. The van der Waals surface area contributed by atoms with E-state index in [9.17, 15) is 4.79 Å². The summed E-state index contributed by atoms with van der Waals surface area (Å²) >= 11 is 0. The predicted octanol–water partition coefficient (Wildman–Crippen LogP) is -0.251. The number of hydrogen-bond acceptors (Lipinski definition) is 3. The molecule has 2 saturated heterocycles. The van der Waals surface area contributed by atoms with Crippen LogP contribution < -0.4 is 10.6 Å². The van der Waals surface area contributed by atoms with E-state index >= 15 is 0 Å². The maximum absolute atomic E-state index is 12.4. The fourth-order valence-corrected chi connectivity index (χ4v) is 3.25. The number of piperidine rings is 1. The molecule has 3 heterocycles. The number of urea groups is 1. The molecule has 6 nitrogen and oxygen atoms in total. The number of amides is 2. The lowest BCUT2D eigenvalue weighted by atomic mass is 10.1. The van der Waals surface area contributed by atoms with E-state index in [1.165, 1.54) is 0 Å². The predicted molar refractivity (Wildman–Crippen MR) is 89.9 cm³/mol. The highest BCUT2D eigenvalue weighted by Crippen LogP contribution is 2.10. The number of quaternary nitrogens is 1. The molecular formula is C17H26N5O+. The van der Waals surface area contributed by atoms with E-state index in [1.807, 2.05) is 17.9 Å². The molecule has 0 atom stereocenters. The van der Waals surface area contributed by atoms with E-state index in [2.05, 4.69) is 32.4 Å². The first-order chi connectivity index (χ1) is 11.2. The van der Waals surface area contributed by atoms with Crippen LogP contribution in [0.15, 0.2) is 16.8 Å². The number of nitrogens with two attached hydrogens (primary N) is 1.